The Morgan fingerprint density at radius 1 is 1.00 bits per heavy atom. The highest BCUT2D eigenvalue weighted by Crippen LogP contribution is 2.17. The van der Waals surface area contributed by atoms with Crippen LogP contribution in [0, 0.1) is 0 Å². The molecule has 0 atom stereocenters. The zero-order valence-corrected chi connectivity index (χ0v) is 17.1. The van der Waals surface area contributed by atoms with Crippen molar-refractivity contribution >= 4 is 5.91 Å². The highest BCUT2D eigenvalue weighted by molar-refractivity contribution is 5.75. The van der Waals surface area contributed by atoms with E-state index < -0.39 is 0 Å². The molecule has 0 radical (unpaired) electrons. The lowest BCUT2D eigenvalue weighted by atomic mass is 10.1. The molecule has 5 nitrogen and oxygen atoms in total. The van der Waals surface area contributed by atoms with E-state index >= 15 is 0 Å². The van der Waals surface area contributed by atoms with E-state index in [1.54, 1.807) is 7.11 Å². The highest BCUT2D eigenvalue weighted by Gasteiger charge is 2.03. The largest absolute Gasteiger partial charge is 0.497 e. The molecule has 1 N–H and O–H groups in total. The highest BCUT2D eigenvalue weighted by atomic mass is 16.5. The number of methoxy groups -OCH3 is 1. The molecule has 2 aromatic rings. The molecule has 0 spiro atoms. The third kappa shape index (κ3) is 8.33. The lowest BCUT2D eigenvalue weighted by Crippen LogP contribution is -2.24. The van der Waals surface area contributed by atoms with Gasteiger partial charge in [0.05, 0.1) is 19.8 Å². The lowest BCUT2D eigenvalue weighted by molar-refractivity contribution is -0.121. The Hall–Kier alpha value is -2.69. The summed E-state index contributed by atoms with van der Waals surface area (Å²) in [5, 5.41) is 2.97. The minimum atomic E-state index is 0.0650. The van der Waals surface area contributed by atoms with Crippen molar-refractivity contribution in [2.75, 3.05) is 20.3 Å². The van der Waals surface area contributed by atoms with Gasteiger partial charge in [-0.3, -0.25) is 4.79 Å². The maximum Gasteiger partial charge on any atom is 0.220 e. The minimum absolute atomic E-state index is 0.0650. The van der Waals surface area contributed by atoms with Crippen molar-refractivity contribution < 1.29 is 19.0 Å². The van der Waals surface area contributed by atoms with Crippen LogP contribution < -0.4 is 19.5 Å². The standard InChI is InChI=1S/C23H31NO4/c1-18(2)28-22-9-4-7-19(17-22)8-5-15-24-23(25)10-6-16-27-21-13-11-20(26-3)12-14-21/h4,7,9,11-14,17-18H,5-6,8,10,15-16H2,1-3H3,(H,24,25). The quantitative estimate of drug-likeness (QED) is 0.551. The Bertz CT molecular complexity index is 713. The van der Waals surface area contributed by atoms with Crippen molar-refractivity contribution in [3.05, 3.63) is 54.1 Å². The van der Waals surface area contributed by atoms with Gasteiger partial charge in [0.1, 0.15) is 17.2 Å². The fraction of sp³-hybridized carbons (Fsp3) is 0.435. The monoisotopic (exact) mass is 385 g/mol. The van der Waals surface area contributed by atoms with Gasteiger partial charge in [0.2, 0.25) is 5.91 Å². The second-order valence-electron chi connectivity index (χ2n) is 6.90. The number of ether oxygens (including phenoxy) is 3. The van der Waals surface area contributed by atoms with Crippen LogP contribution in [0.1, 0.15) is 38.7 Å². The Morgan fingerprint density at radius 3 is 2.46 bits per heavy atom. The fourth-order valence-corrected chi connectivity index (χ4v) is 2.75. The predicted molar refractivity (Wildman–Crippen MR) is 111 cm³/mol. The Balaban J connectivity index is 1.56. The third-order valence-electron chi connectivity index (χ3n) is 4.11. The first kappa shape index (κ1) is 21.6. The molecule has 0 aliphatic rings. The summed E-state index contributed by atoms with van der Waals surface area (Å²) in [4.78, 5) is 11.9. The van der Waals surface area contributed by atoms with Gasteiger partial charge in [0.15, 0.2) is 0 Å². The Kier molecular flexibility index (Phi) is 9.19. The zero-order chi connectivity index (χ0) is 20.2. The summed E-state index contributed by atoms with van der Waals surface area (Å²) in [6.07, 6.45) is 3.14. The number of nitrogens with one attached hydrogen (secondary N) is 1. The summed E-state index contributed by atoms with van der Waals surface area (Å²) in [5.74, 6) is 2.54. The van der Waals surface area contributed by atoms with Crippen molar-refractivity contribution in [2.45, 2.75) is 45.6 Å². The smallest absolute Gasteiger partial charge is 0.220 e. The summed E-state index contributed by atoms with van der Waals surface area (Å²) in [5.41, 5.74) is 1.22. The maximum absolute atomic E-state index is 11.9. The van der Waals surface area contributed by atoms with E-state index in [-0.39, 0.29) is 12.0 Å². The maximum atomic E-state index is 11.9. The SMILES string of the molecule is COc1ccc(OCCCC(=O)NCCCc2cccc(OC(C)C)c2)cc1. The summed E-state index contributed by atoms with van der Waals surface area (Å²) >= 11 is 0. The molecule has 2 rings (SSSR count). The minimum Gasteiger partial charge on any atom is -0.497 e. The molecule has 0 unspecified atom stereocenters. The van der Waals surface area contributed by atoms with Crippen LogP contribution in [-0.4, -0.2) is 32.3 Å². The molecule has 0 aliphatic heterocycles. The van der Waals surface area contributed by atoms with Gasteiger partial charge in [-0.2, -0.15) is 0 Å². The van der Waals surface area contributed by atoms with Crippen LogP contribution in [0.4, 0.5) is 0 Å². The van der Waals surface area contributed by atoms with Gasteiger partial charge in [-0.1, -0.05) is 12.1 Å². The van der Waals surface area contributed by atoms with Crippen molar-refractivity contribution in [1.82, 2.24) is 5.32 Å². The normalized spacial score (nSPS) is 10.6. The number of aryl methyl sites for hydroxylation is 1. The van der Waals surface area contributed by atoms with Gasteiger partial charge in [0, 0.05) is 13.0 Å². The molecule has 0 fully saturated rings. The van der Waals surface area contributed by atoms with E-state index in [9.17, 15) is 4.79 Å². The first-order chi connectivity index (χ1) is 13.6. The second-order valence-corrected chi connectivity index (χ2v) is 6.90. The average molecular weight is 386 g/mol. The van der Waals surface area contributed by atoms with Gasteiger partial charge < -0.3 is 19.5 Å². The fourth-order valence-electron chi connectivity index (χ4n) is 2.75. The van der Waals surface area contributed by atoms with Gasteiger partial charge in [-0.25, -0.2) is 0 Å². The van der Waals surface area contributed by atoms with E-state index in [2.05, 4.69) is 17.4 Å². The molecule has 0 bridgehead atoms. The molecular weight excluding hydrogens is 354 g/mol. The lowest BCUT2D eigenvalue weighted by Gasteiger charge is -2.11. The van der Waals surface area contributed by atoms with Gasteiger partial charge in [-0.15, -0.1) is 0 Å². The molecule has 0 heterocycles. The predicted octanol–water partition coefficient (Wildman–Crippen LogP) is 4.39. The van der Waals surface area contributed by atoms with Gasteiger partial charge >= 0.3 is 0 Å². The number of rotatable bonds is 12. The van der Waals surface area contributed by atoms with E-state index in [1.807, 2.05) is 50.2 Å². The van der Waals surface area contributed by atoms with E-state index in [1.165, 1.54) is 5.56 Å². The van der Waals surface area contributed by atoms with E-state index in [0.717, 1.165) is 30.1 Å². The molecule has 152 valence electrons. The third-order valence-corrected chi connectivity index (χ3v) is 4.11. The van der Waals surface area contributed by atoms with Crippen LogP contribution in [-0.2, 0) is 11.2 Å². The Labute approximate surface area is 168 Å². The van der Waals surface area contributed by atoms with E-state index in [0.29, 0.717) is 26.0 Å². The molecule has 0 aliphatic carbocycles. The number of carbonyl (C=O) groups is 1. The number of amides is 1. The summed E-state index contributed by atoms with van der Waals surface area (Å²) in [6, 6.07) is 15.6. The molecule has 0 saturated carbocycles. The van der Waals surface area contributed by atoms with Crippen LogP contribution in [0.2, 0.25) is 0 Å². The summed E-state index contributed by atoms with van der Waals surface area (Å²) in [6.45, 7) is 5.23. The number of benzene rings is 2. The molecule has 0 aromatic heterocycles. The van der Waals surface area contributed by atoms with Crippen LogP contribution in [0.25, 0.3) is 0 Å². The average Bonchev–Trinajstić information content (AvgIpc) is 2.69. The molecule has 5 heteroatoms. The van der Waals surface area contributed by atoms with Crippen LogP contribution >= 0.6 is 0 Å². The molecule has 1 amide bonds. The van der Waals surface area contributed by atoms with Crippen LogP contribution in [0.15, 0.2) is 48.5 Å². The summed E-state index contributed by atoms with van der Waals surface area (Å²) in [7, 11) is 1.63. The second kappa shape index (κ2) is 11.9. The van der Waals surface area contributed by atoms with Gasteiger partial charge in [0.25, 0.3) is 0 Å². The number of hydrogen-bond donors (Lipinski definition) is 1. The molecular formula is C23H31NO4. The van der Waals surface area contributed by atoms with Crippen molar-refractivity contribution in [3.63, 3.8) is 0 Å². The summed E-state index contributed by atoms with van der Waals surface area (Å²) < 4.78 is 16.4. The van der Waals surface area contributed by atoms with Gasteiger partial charge in [-0.05, 0) is 75.1 Å². The van der Waals surface area contributed by atoms with Crippen molar-refractivity contribution in [2.24, 2.45) is 0 Å². The van der Waals surface area contributed by atoms with Crippen LogP contribution in [0.3, 0.4) is 0 Å². The first-order valence-corrected chi connectivity index (χ1v) is 9.86. The van der Waals surface area contributed by atoms with Crippen LogP contribution in [0.5, 0.6) is 17.2 Å². The van der Waals surface area contributed by atoms with Crippen molar-refractivity contribution in [3.8, 4) is 17.2 Å². The number of carbonyl (C=O) groups excluding carboxylic acids is 1. The molecule has 2 aromatic carbocycles. The first-order valence-electron chi connectivity index (χ1n) is 9.86. The Morgan fingerprint density at radius 2 is 1.75 bits per heavy atom. The number of hydrogen-bond acceptors (Lipinski definition) is 4. The molecule has 28 heavy (non-hydrogen) atoms. The van der Waals surface area contributed by atoms with Crippen molar-refractivity contribution in [1.29, 1.82) is 0 Å². The topological polar surface area (TPSA) is 56.8 Å². The zero-order valence-electron chi connectivity index (χ0n) is 17.1. The van der Waals surface area contributed by atoms with E-state index in [4.69, 9.17) is 14.2 Å². The molecule has 0 saturated heterocycles.